The zero-order valence-corrected chi connectivity index (χ0v) is 17.6. The van der Waals surface area contributed by atoms with Crippen molar-refractivity contribution in [3.05, 3.63) is 66.2 Å². The Balaban J connectivity index is 1.96. The zero-order chi connectivity index (χ0) is 20.2. The molecule has 0 heterocycles. The van der Waals surface area contributed by atoms with Crippen molar-refractivity contribution in [2.75, 3.05) is 18.8 Å². The Bertz CT molecular complexity index is 722. The van der Waals surface area contributed by atoms with Gasteiger partial charge in [-0.05, 0) is 37.5 Å². The van der Waals surface area contributed by atoms with Gasteiger partial charge in [-0.3, -0.25) is 9.59 Å². The van der Waals surface area contributed by atoms with E-state index < -0.39 is 6.04 Å². The highest BCUT2D eigenvalue weighted by Crippen LogP contribution is 2.18. The molecule has 2 amide bonds. The summed E-state index contributed by atoms with van der Waals surface area (Å²) in [6, 6.07) is 19.7. The predicted octanol–water partition coefficient (Wildman–Crippen LogP) is 4.15. The number of nitrogens with zero attached hydrogens (tertiary/aromatic N) is 1. The van der Waals surface area contributed by atoms with E-state index in [0.717, 1.165) is 17.7 Å². The number of hydrogen-bond donors (Lipinski definition) is 1. The molecule has 4 nitrogen and oxygen atoms in total. The summed E-state index contributed by atoms with van der Waals surface area (Å²) < 4.78 is 0. The molecule has 0 unspecified atom stereocenters. The van der Waals surface area contributed by atoms with Crippen LogP contribution in [0.5, 0.6) is 0 Å². The number of thioether (sulfide) groups is 1. The molecule has 0 bridgehead atoms. The Kier molecular flexibility index (Phi) is 9.63. The van der Waals surface area contributed by atoms with Crippen molar-refractivity contribution in [1.29, 1.82) is 0 Å². The van der Waals surface area contributed by atoms with E-state index in [1.807, 2.05) is 62.4 Å². The van der Waals surface area contributed by atoms with Crippen molar-refractivity contribution in [2.24, 2.45) is 0 Å². The summed E-state index contributed by atoms with van der Waals surface area (Å²) in [6.07, 6.45) is 2.04. The lowest BCUT2D eigenvalue weighted by Gasteiger charge is -2.28. The van der Waals surface area contributed by atoms with Gasteiger partial charge in [0.2, 0.25) is 11.8 Å². The summed E-state index contributed by atoms with van der Waals surface area (Å²) in [7, 11) is 0. The second kappa shape index (κ2) is 12.2. The van der Waals surface area contributed by atoms with Crippen LogP contribution in [0.2, 0.25) is 0 Å². The van der Waals surface area contributed by atoms with Crippen molar-refractivity contribution in [2.45, 2.75) is 44.0 Å². The minimum absolute atomic E-state index is 0.0264. The van der Waals surface area contributed by atoms with Gasteiger partial charge in [0.1, 0.15) is 6.04 Å². The summed E-state index contributed by atoms with van der Waals surface area (Å²) in [5.41, 5.74) is 1.17. The Morgan fingerprint density at radius 3 is 2.32 bits per heavy atom. The lowest BCUT2D eigenvalue weighted by Crippen LogP contribution is -2.49. The molecule has 1 N–H and O–H groups in total. The average Bonchev–Trinajstić information content (AvgIpc) is 2.73. The Morgan fingerprint density at radius 1 is 1.04 bits per heavy atom. The van der Waals surface area contributed by atoms with Gasteiger partial charge in [-0.2, -0.15) is 0 Å². The molecular formula is C23H30N2O2S. The van der Waals surface area contributed by atoms with Gasteiger partial charge < -0.3 is 10.2 Å². The van der Waals surface area contributed by atoms with Crippen molar-refractivity contribution in [1.82, 2.24) is 10.2 Å². The summed E-state index contributed by atoms with van der Waals surface area (Å²) in [6.45, 7) is 5.01. The highest BCUT2D eigenvalue weighted by Gasteiger charge is 2.25. The summed E-state index contributed by atoms with van der Waals surface area (Å²) >= 11 is 1.67. The second-order valence-electron chi connectivity index (χ2n) is 6.70. The number of nitrogens with one attached hydrogen (secondary N) is 1. The fourth-order valence-corrected chi connectivity index (χ4v) is 3.74. The molecular weight excluding hydrogens is 368 g/mol. The first-order chi connectivity index (χ1) is 13.6. The number of carbonyl (C=O) groups excluding carboxylic acids is 2. The van der Waals surface area contributed by atoms with Gasteiger partial charge in [0.05, 0.1) is 0 Å². The maximum atomic E-state index is 12.9. The Labute approximate surface area is 172 Å². The normalized spacial score (nSPS) is 11.6. The van der Waals surface area contributed by atoms with Crippen LogP contribution < -0.4 is 5.32 Å². The fraction of sp³-hybridized carbons (Fsp3) is 0.391. The van der Waals surface area contributed by atoms with Gasteiger partial charge in [0.15, 0.2) is 0 Å². The van der Waals surface area contributed by atoms with E-state index in [2.05, 4.69) is 17.4 Å². The molecule has 2 aromatic rings. The lowest BCUT2D eigenvalue weighted by atomic mass is 10.1. The molecule has 0 aliphatic heterocycles. The van der Waals surface area contributed by atoms with E-state index in [1.54, 1.807) is 16.7 Å². The first kappa shape index (κ1) is 22.0. The van der Waals surface area contributed by atoms with Crippen LogP contribution in [0.1, 0.15) is 32.3 Å². The molecule has 0 spiro atoms. The number of benzene rings is 2. The molecule has 0 aliphatic rings. The van der Waals surface area contributed by atoms with Crippen LogP contribution >= 0.6 is 11.8 Å². The molecule has 1 atom stereocenters. The quantitative estimate of drug-likeness (QED) is 0.579. The zero-order valence-electron chi connectivity index (χ0n) is 16.8. The van der Waals surface area contributed by atoms with Crippen LogP contribution in [0, 0.1) is 0 Å². The maximum absolute atomic E-state index is 12.9. The maximum Gasteiger partial charge on any atom is 0.242 e. The number of rotatable bonds is 11. The molecule has 0 aliphatic carbocycles. The van der Waals surface area contributed by atoms with Crippen LogP contribution in [-0.4, -0.2) is 41.6 Å². The van der Waals surface area contributed by atoms with E-state index in [0.29, 0.717) is 25.3 Å². The van der Waals surface area contributed by atoms with E-state index in [-0.39, 0.29) is 11.8 Å². The van der Waals surface area contributed by atoms with Gasteiger partial charge in [-0.1, -0.05) is 55.5 Å². The molecule has 28 heavy (non-hydrogen) atoms. The molecule has 0 aromatic heterocycles. The molecule has 2 aromatic carbocycles. The minimum atomic E-state index is -0.468. The molecule has 0 saturated carbocycles. The highest BCUT2D eigenvalue weighted by atomic mass is 32.2. The van der Waals surface area contributed by atoms with Gasteiger partial charge in [-0.15, -0.1) is 11.8 Å². The SMILES string of the molecule is CCCNC(=O)[C@@H](C)N(CCc1ccccc1)C(=O)CCSc1ccccc1. The predicted molar refractivity (Wildman–Crippen MR) is 116 cm³/mol. The number of amides is 2. The molecule has 0 radical (unpaired) electrons. The van der Waals surface area contributed by atoms with E-state index in [4.69, 9.17) is 0 Å². The van der Waals surface area contributed by atoms with E-state index >= 15 is 0 Å². The topological polar surface area (TPSA) is 49.4 Å². The molecule has 150 valence electrons. The van der Waals surface area contributed by atoms with E-state index in [1.165, 1.54) is 5.56 Å². The number of hydrogen-bond acceptors (Lipinski definition) is 3. The number of carbonyl (C=O) groups is 2. The van der Waals surface area contributed by atoms with Crippen molar-refractivity contribution >= 4 is 23.6 Å². The second-order valence-corrected chi connectivity index (χ2v) is 7.87. The lowest BCUT2D eigenvalue weighted by molar-refractivity contribution is -0.139. The molecule has 0 saturated heterocycles. The Hall–Kier alpha value is -2.27. The average molecular weight is 399 g/mol. The minimum Gasteiger partial charge on any atom is -0.354 e. The summed E-state index contributed by atoms with van der Waals surface area (Å²) in [5, 5.41) is 2.91. The largest absolute Gasteiger partial charge is 0.354 e. The summed E-state index contributed by atoms with van der Waals surface area (Å²) in [4.78, 5) is 28.2. The van der Waals surface area contributed by atoms with Crippen LogP contribution in [0.4, 0.5) is 0 Å². The van der Waals surface area contributed by atoms with Gasteiger partial charge in [-0.25, -0.2) is 0 Å². The first-order valence-corrected chi connectivity index (χ1v) is 10.9. The molecule has 5 heteroatoms. The summed E-state index contributed by atoms with van der Waals surface area (Å²) in [5.74, 6) is 0.644. The van der Waals surface area contributed by atoms with Crippen molar-refractivity contribution in [3.8, 4) is 0 Å². The van der Waals surface area contributed by atoms with Crippen LogP contribution in [0.3, 0.4) is 0 Å². The van der Waals surface area contributed by atoms with Gasteiger partial charge in [0, 0.05) is 30.2 Å². The van der Waals surface area contributed by atoms with Crippen molar-refractivity contribution < 1.29 is 9.59 Å². The highest BCUT2D eigenvalue weighted by molar-refractivity contribution is 7.99. The van der Waals surface area contributed by atoms with E-state index in [9.17, 15) is 9.59 Å². The van der Waals surface area contributed by atoms with Crippen molar-refractivity contribution in [3.63, 3.8) is 0 Å². The van der Waals surface area contributed by atoms with Gasteiger partial charge >= 0.3 is 0 Å². The standard InChI is InChI=1S/C23H30N2O2S/c1-3-16-24-23(27)19(2)25(17-14-20-10-6-4-7-11-20)22(26)15-18-28-21-12-8-5-9-13-21/h4-13,19H,3,14-18H2,1-2H3,(H,24,27)/t19-/m1/s1. The smallest absolute Gasteiger partial charge is 0.242 e. The monoisotopic (exact) mass is 398 g/mol. The first-order valence-electron chi connectivity index (χ1n) is 9.90. The van der Waals surface area contributed by atoms with Crippen LogP contribution in [0.15, 0.2) is 65.6 Å². The third kappa shape index (κ3) is 7.39. The Morgan fingerprint density at radius 2 is 1.68 bits per heavy atom. The third-order valence-corrected chi connectivity index (χ3v) is 5.54. The van der Waals surface area contributed by atoms with Gasteiger partial charge in [0.25, 0.3) is 0 Å². The van der Waals surface area contributed by atoms with Crippen LogP contribution in [0.25, 0.3) is 0 Å². The molecule has 2 rings (SSSR count). The fourth-order valence-electron chi connectivity index (χ4n) is 2.88. The third-order valence-electron chi connectivity index (χ3n) is 4.53. The molecule has 0 fully saturated rings. The van der Waals surface area contributed by atoms with Crippen LogP contribution in [-0.2, 0) is 16.0 Å².